The lowest BCUT2D eigenvalue weighted by Gasteiger charge is -2.20. The molecule has 1 aliphatic rings. The summed E-state index contributed by atoms with van der Waals surface area (Å²) >= 11 is 6.27. The van der Waals surface area contributed by atoms with Crippen molar-refractivity contribution in [2.75, 3.05) is 13.2 Å². The van der Waals surface area contributed by atoms with Gasteiger partial charge in [-0.2, -0.15) is 5.10 Å². The van der Waals surface area contributed by atoms with Crippen LogP contribution in [0.3, 0.4) is 0 Å². The molecule has 0 saturated heterocycles. The number of rotatable bonds is 5. The molecule has 7 heteroatoms. The van der Waals surface area contributed by atoms with E-state index in [4.69, 9.17) is 21.1 Å². The standard InChI is InChI=1S/C22H22ClN3O3/c1-14-18(15(2)26(25-14)17-6-4-3-5-7-17)12-21(27)24-13-16-10-19(23)22-20(11-16)28-8-9-29-22/h3-7,10-11H,8-9,12-13H2,1-2H3,(H,24,27). The van der Waals surface area contributed by atoms with Crippen LogP contribution < -0.4 is 14.8 Å². The fraction of sp³-hybridized carbons (Fsp3) is 0.273. The second-order valence-corrected chi connectivity index (χ2v) is 7.36. The summed E-state index contributed by atoms with van der Waals surface area (Å²) in [5, 5.41) is 8.04. The van der Waals surface area contributed by atoms with E-state index < -0.39 is 0 Å². The number of para-hydroxylation sites is 1. The molecule has 0 spiro atoms. The number of nitrogens with zero attached hydrogens (tertiary/aromatic N) is 2. The van der Waals surface area contributed by atoms with E-state index >= 15 is 0 Å². The minimum atomic E-state index is -0.0742. The first-order valence-corrected chi connectivity index (χ1v) is 9.86. The molecule has 0 unspecified atom stereocenters. The Balaban J connectivity index is 1.44. The third-order valence-corrected chi connectivity index (χ3v) is 5.21. The van der Waals surface area contributed by atoms with E-state index in [1.54, 1.807) is 6.07 Å². The minimum Gasteiger partial charge on any atom is -0.486 e. The molecule has 0 fully saturated rings. The highest BCUT2D eigenvalue weighted by Crippen LogP contribution is 2.38. The predicted octanol–water partition coefficient (Wildman–Crippen LogP) is 3.77. The van der Waals surface area contributed by atoms with Gasteiger partial charge in [0.1, 0.15) is 13.2 Å². The Kier molecular flexibility index (Phi) is 5.45. The molecule has 6 nitrogen and oxygen atoms in total. The predicted molar refractivity (Wildman–Crippen MR) is 111 cm³/mol. The lowest BCUT2D eigenvalue weighted by molar-refractivity contribution is -0.120. The Morgan fingerprint density at radius 2 is 1.93 bits per heavy atom. The topological polar surface area (TPSA) is 65.4 Å². The van der Waals surface area contributed by atoms with Crippen LogP contribution in [0.2, 0.25) is 5.02 Å². The van der Waals surface area contributed by atoms with Gasteiger partial charge in [0.05, 0.1) is 22.8 Å². The number of hydrogen-bond acceptors (Lipinski definition) is 4. The summed E-state index contributed by atoms with van der Waals surface area (Å²) < 4.78 is 13.0. The maximum Gasteiger partial charge on any atom is 0.224 e. The quantitative estimate of drug-likeness (QED) is 0.694. The Bertz CT molecular complexity index is 1050. The fourth-order valence-electron chi connectivity index (χ4n) is 3.44. The maximum atomic E-state index is 12.6. The van der Waals surface area contributed by atoms with Crippen LogP contribution >= 0.6 is 11.6 Å². The van der Waals surface area contributed by atoms with Crippen molar-refractivity contribution in [3.05, 3.63) is 70.0 Å². The summed E-state index contributed by atoms with van der Waals surface area (Å²) in [6.07, 6.45) is 0.267. The number of benzene rings is 2. The number of hydrogen-bond donors (Lipinski definition) is 1. The second kappa shape index (κ2) is 8.17. The van der Waals surface area contributed by atoms with Crippen LogP contribution in [0.1, 0.15) is 22.5 Å². The van der Waals surface area contributed by atoms with Crippen LogP contribution in [-0.2, 0) is 17.8 Å². The highest BCUT2D eigenvalue weighted by Gasteiger charge is 2.18. The van der Waals surface area contributed by atoms with Crippen LogP contribution in [0.4, 0.5) is 0 Å². The Hall–Kier alpha value is -2.99. The van der Waals surface area contributed by atoms with Gasteiger partial charge in [0, 0.05) is 17.8 Å². The molecule has 0 bridgehead atoms. The van der Waals surface area contributed by atoms with E-state index in [0.717, 1.165) is 28.2 Å². The number of ether oxygens (including phenoxy) is 2. The molecule has 0 atom stereocenters. The molecule has 0 radical (unpaired) electrons. The zero-order valence-electron chi connectivity index (χ0n) is 16.4. The van der Waals surface area contributed by atoms with E-state index in [0.29, 0.717) is 36.3 Å². The lowest BCUT2D eigenvalue weighted by Crippen LogP contribution is -2.25. The van der Waals surface area contributed by atoms with Gasteiger partial charge in [0.25, 0.3) is 0 Å². The number of aromatic nitrogens is 2. The van der Waals surface area contributed by atoms with Crippen LogP contribution in [0.15, 0.2) is 42.5 Å². The van der Waals surface area contributed by atoms with Crippen LogP contribution in [0.5, 0.6) is 11.5 Å². The summed E-state index contributed by atoms with van der Waals surface area (Å²) in [6, 6.07) is 13.5. The SMILES string of the molecule is Cc1nn(-c2ccccc2)c(C)c1CC(=O)NCc1cc(Cl)c2c(c1)OCCO2. The van der Waals surface area contributed by atoms with Crippen molar-refractivity contribution in [2.24, 2.45) is 0 Å². The maximum absolute atomic E-state index is 12.6. The molecular formula is C22H22ClN3O3. The van der Waals surface area contributed by atoms with E-state index in [1.165, 1.54) is 0 Å². The van der Waals surface area contributed by atoms with E-state index in [9.17, 15) is 4.79 Å². The van der Waals surface area contributed by atoms with Gasteiger partial charge in [0.2, 0.25) is 5.91 Å². The average Bonchev–Trinajstić information content (AvgIpc) is 3.01. The van der Waals surface area contributed by atoms with E-state index in [1.807, 2.05) is 54.9 Å². The summed E-state index contributed by atoms with van der Waals surface area (Å²) in [4.78, 5) is 12.6. The summed E-state index contributed by atoms with van der Waals surface area (Å²) in [6.45, 7) is 5.24. The number of fused-ring (bicyclic) bond motifs is 1. The van der Waals surface area contributed by atoms with Crippen molar-refractivity contribution < 1.29 is 14.3 Å². The molecule has 0 saturated carbocycles. The monoisotopic (exact) mass is 411 g/mol. The summed E-state index contributed by atoms with van der Waals surface area (Å²) in [5.74, 6) is 1.10. The van der Waals surface area contributed by atoms with Gasteiger partial charge in [-0.3, -0.25) is 4.79 Å². The number of halogens is 1. The van der Waals surface area contributed by atoms with Gasteiger partial charge in [-0.25, -0.2) is 4.68 Å². The van der Waals surface area contributed by atoms with Crippen molar-refractivity contribution in [2.45, 2.75) is 26.8 Å². The van der Waals surface area contributed by atoms with E-state index in [-0.39, 0.29) is 12.3 Å². The minimum absolute atomic E-state index is 0.0742. The van der Waals surface area contributed by atoms with Gasteiger partial charge in [-0.15, -0.1) is 0 Å². The Labute approximate surface area is 174 Å². The molecule has 2 heterocycles. The molecule has 2 aromatic carbocycles. The van der Waals surface area contributed by atoms with Crippen LogP contribution in [0.25, 0.3) is 5.69 Å². The zero-order chi connectivity index (χ0) is 20.4. The molecule has 0 aliphatic carbocycles. The summed E-state index contributed by atoms with van der Waals surface area (Å²) in [7, 11) is 0. The van der Waals surface area contributed by atoms with Crippen molar-refractivity contribution in [1.82, 2.24) is 15.1 Å². The van der Waals surface area contributed by atoms with Gasteiger partial charge >= 0.3 is 0 Å². The first-order chi connectivity index (χ1) is 14.0. The molecule has 3 aromatic rings. The molecule has 1 amide bonds. The summed E-state index contributed by atoms with van der Waals surface area (Å²) in [5.41, 5.74) is 4.59. The van der Waals surface area contributed by atoms with Gasteiger partial charge < -0.3 is 14.8 Å². The first kappa shape index (κ1) is 19.3. The van der Waals surface area contributed by atoms with Gasteiger partial charge in [0.15, 0.2) is 11.5 Å². The number of nitrogens with one attached hydrogen (secondary N) is 1. The third-order valence-electron chi connectivity index (χ3n) is 4.93. The number of aryl methyl sites for hydroxylation is 1. The van der Waals surface area contributed by atoms with Crippen LogP contribution in [0, 0.1) is 13.8 Å². The lowest BCUT2D eigenvalue weighted by atomic mass is 10.1. The Morgan fingerprint density at radius 3 is 2.72 bits per heavy atom. The molecule has 1 N–H and O–H groups in total. The fourth-order valence-corrected chi connectivity index (χ4v) is 3.73. The Morgan fingerprint density at radius 1 is 1.17 bits per heavy atom. The van der Waals surface area contributed by atoms with E-state index in [2.05, 4.69) is 10.4 Å². The second-order valence-electron chi connectivity index (χ2n) is 6.95. The molecular weight excluding hydrogens is 390 g/mol. The van der Waals surface area contributed by atoms with Crippen molar-refractivity contribution in [3.63, 3.8) is 0 Å². The van der Waals surface area contributed by atoms with Crippen molar-refractivity contribution in [1.29, 1.82) is 0 Å². The van der Waals surface area contributed by atoms with Crippen molar-refractivity contribution in [3.8, 4) is 17.2 Å². The third kappa shape index (κ3) is 4.07. The number of amides is 1. The van der Waals surface area contributed by atoms with Crippen molar-refractivity contribution >= 4 is 17.5 Å². The highest BCUT2D eigenvalue weighted by atomic mass is 35.5. The zero-order valence-corrected chi connectivity index (χ0v) is 17.1. The molecule has 4 rings (SSSR count). The largest absolute Gasteiger partial charge is 0.486 e. The smallest absolute Gasteiger partial charge is 0.224 e. The normalized spacial score (nSPS) is 12.7. The van der Waals surface area contributed by atoms with Gasteiger partial charge in [-0.1, -0.05) is 29.8 Å². The van der Waals surface area contributed by atoms with Crippen LogP contribution in [-0.4, -0.2) is 28.9 Å². The highest BCUT2D eigenvalue weighted by molar-refractivity contribution is 6.32. The molecule has 1 aromatic heterocycles. The number of carbonyl (C=O) groups is 1. The molecule has 29 heavy (non-hydrogen) atoms. The average molecular weight is 412 g/mol. The number of carbonyl (C=O) groups excluding carboxylic acids is 1. The molecule has 1 aliphatic heterocycles. The molecule has 150 valence electrons. The van der Waals surface area contributed by atoms with Gasteiger partial charge in [-0.05, 0) is 43.7 Å². The first-order valence-electron chi connectivity index (χ1n) is 9.48.